The highest BCUT2D eigenvalue weighted by molar-refractivity contribution is 7.89. The number of nitrogens with zero attached hydrogens (tertiary/aromatic N) is 1. The van der Waals surface area contributed by atoms with Crippen LogP contribution in [0.2, 0.25) is 0 Å². The number of nitrogen functional groups attached to an aromatic ring is 1. The van der Waals surface area contributed by atoms with Crippen molar-refractivity contribution in [2.75, 3.05) is 32.0 Å². The first kappa shape index (κ1) is 28.3. The van der Waals surface area contributed by atoms with Gasteiger partial charge in [0.1, 0.15) is 6.10 Å². The van der Waals surface area contributed by atoms with Gasteiger partial charge in [-0.3, -0.25) is 0 Å². The number of fused-ring (bicyclic) bond motifs is 1. The van der Waals surface area contributed by atoms with Crippen molar-refractivity contribution in [2.24, 2.45) is 17.6 Å². The van der Waals surface area contributed by atoms with Gasteiger partial charge in [0.2, 0.25) is 10.0 Å². The molecule has 0 spiro atoms. The zero-order chi connectivity index (χ0) is 27.3. The van der Waals surface area contributed by atoms with Crippen LogP contribution in [0, 0.1) is 11.8 Å². The van der Waals surface area contributed by atoms with Crippen molar-refractivity contribution >= 4 is 21.8 Å². The summed E-state index contributed by atoms with van der Waals surface area (Å²) < 4.78 is 45.3. The Balaban J connectivity index is 1.51. The molecule has 0 saturated carbocycles. The number of anilines is 1. The number of amides is 1. The zero-order valence-electron chi connectivity index (χ0n) is 21.9. The van der Waals surface area contributed by atoms with E-state index in [-0.39, 0.29) is 42.7 Å². The molecule has 2 fully saturated rings. The monoisotopic (exact) mass is 546 g/mol. The highest BCUT2D eigenvalue weighted by Gasteiger charge is 2.44. The lowest BCUT2D eigenvalue weighted by molar-refractivity contribution is -0.0907. The van der Waals surface area contributed by atoms with Crippen LogP contribution in [0.25, 0.3) is 0 Å². The predicted molar refractivity (Wildman–Crippen MR) is 144 cm³/mol. The highest BCUT2D eigenvalue weighted by Crippen LogP contribution is 2.33. The number of carbonyl (C=O) groups is 1. The Kier molecular flexibility index (Phi) is 9.27. The molecule has 2 aromatic carbocycles. The van der Waals surface area contributed by atoms with Gasteiger partial charge in [0.05, 0.1) is 30.1 Å². The number of hydrogen-bond donors (Lipinski definition) is 3. The van der Waals surface area contributed by atoms with Crippen molar-refractivity contribution < 1.29 is 27.4 Å². The van der Waals surface area contributed by atoms with Gasteiger partial charge in [-0.25, -0.2) is 13.2 Å². The molecule has 0 bridgehead atoms. The molecule has 2 heterocycles. The summed E-state index contributed by atoms with van der Waals surface area (Å²) in [7, 11) is -3.85. The van der Waals surface area contributed by atoms with E-state index in [2.05, 4.69) is 5.32 Å². The van der Waals surface area contributed by atoms with E-state index in [1.54, 1.807) is 12.1 Å². The van der Waals surface area contributed by atoms with E-state index < -0.39 is 34.3 Å². The zero-order valence-corrected chi connectivity index (χ0v) is 22.7. The van der Waals surface area contributed by atoms with Crippen molar-refractivity contribution in [3.63, 3.8) is 0 Å². The molecule has 2 aliphatic rings. The smallest absolute Gasteiger partial charge is 0.407 e. The maximum absolute atomic E-state index is 13.5. The van der Waals surface area contributed by atoms with Crippen LogP contribution in [0.15, 0.2) is 59.5 Å². The quantitative estimate of drug-likeness (QED) is 0.364. The van der Waals surface area contributed by atoms with Gasteiger partial charge in [-0.15, -0.1) is 0 Å². The highest BCUT2D eigenvalue weighted by atomic mass is 32.2. The van der Waals surface area contributed by atoms with Gasteiger partial charge in [-0.1, -0.05) is 44.2 Å². The first-order chi connectivity index (χ1) is 18.1. The number of sulfonamides is 1. The Bertz CT molecular complexity index is 1160. The van der Waals surface area contributed by atoms with Gasteiger partial charge >= 0.3 is 6.09 Å². The molecule has 5 N–H and O–H groups in total. The van der Waals surface area contributed by atoms with Crippen LogP contribution in [0.4, 0.5) is 10.5 Å². The van der Waals surface area contributed by atoms with Gasteiger partial charge in [0.15, 0.2) is 6.29 Å². The molecular weight excluding hydrogens is 508 g/mol. The van der Waals surface area contributed by atoms with Gasteiger partial charge < -0.3 is 31.0 Å². The standard InChI is InChI=1S/C27H38N4O6S/c1-18(2)15-31(38(33,34)21-10-8-20(28)9-11-21)16-23(29)24(14-19-6-4-3-5-7-19)30-27(32)37-25-17-36-26-22(25)12-13-35-26/h3-11,18,22-26H,12-17,28-29H2,1-2H3,(H,30,32). The molecule has 0 aliphatic carbocycles. The molecule has 4 rings (SSSR count). The summed E-state index contributed by atoms with van der Waals surface area (Å²) >= 11 is 0. The first-order valence-corrected chi connectivity index (χ1v) is 14.4. The molecule has 2 saturated heterocycles. The van der Waals surface area contributed by atoms with Gasteiger partial charge in [-0.05, 0) is 48.6 Å². The lowest BCUT2D eigenvalue weighted by Crippen LogP contribution is -2.55. The van der Waals surface area contributed by atoms with Gasteiger partial charge in [0.25, 0.3) is 0 Å². The molecule has 38 heavy (non-hydrogen) atoms. The summed E-state index contributed by atoms with van der Waals surface area (Å²) in [6.07, 6.45) is -0.176. The Morgan fingerprint density at radius 1 is 1.11 bits per heavy atom. The maximum Gasteiger partial charge on any atom is 0.407 e. The summed E-state index contributed by atoms with van der Waals surface area (Å²) in [6.45, 7) is 5.02. The second-order valence-electron chi connectivity index (χ2n) is 10.4. The number of nitrogens with one attached hydrogen (secondary N) is 1. The second-order valence-corrected chi connectivity index (χ2v) is 12.3. The van der Waals surface area contributed by atoms with E-state index in [0.717, 1.165) is 12.0 Å². The van der Waals surface area contributed by atoms with Crippen molar-refractivity contribution in [1.29, 1.82) is 0 Å². The normalized spacial score (nSPS) is 22.8. The Hall–Kier alpha value is -2.70. The third-order valence-electron chi connectivity index (χ3n) is 6.86. The van der Waals surface area contributed by atoms with Gasteiger partial charge in [-0.2, -0.15) is 4.31 Å². The number of carbonyl (C=O) groups excluding carboxylic acids is 1. The average Bonchev–Trinajstić information content (AvgIpc) is 3.49. The molecule has 11 heteroatoms. The molecule has 0 aromatic heterocycles. The molecule has 1 amide bonds. The van der Waals surface area contributed by atoms with E-state index in [1.165, 1.54) is 16.4 Å². The van der Waals surface area contributed by atoms with Crippen LogP contribution in [-0.4, -0.2) is 69.6 Å². The number of nitrogens with two attached hydrogens (primary N) is 2. The van der Waals surface area contributed by atoms with Crippen molar-refractivity contribution in [3.8, 4) is 0 Å². The van der Waals surface area contributed by atoms with Crippen LogP contribution in [0.5, 0.6) is 0 Å². The summed E-state index contributed by atoms with van der Waals surface area (Å²) in [5.41, 5.74) is 13.8. The summed E-state index contributed by atoms with van der Waals surface area (Å²) in [6, 6.07) is 14.4. The van der Waals surface area contributed by atoms with E-state index in [0.29, 0.717) is 18.7 Å². The number of rotatable bonds is 11. The van der Waals surface area contributed by atoms with Crippen LogP contribution < -0.4 is 16.8 Å². The average molecular weight is 547 g/mol. The molecule has 5 atom stereocenters. The van der Waals surface area contributed by atoms with Crippen LogP contribution >= 0.6 is 0 Å². The van der Waals surface area contributed by atoms with E-state index in [9.17, 15) is 13.2 Å². The Morgan fingerprint density at radius 3 is 2.50 bits per heavy atom. The van der Waals surface area contributed by atoms with Gasteiger partial charge in [0, 0.05) is 24.8 Å². The van der Waals surface area contributed by atoms with E-state index >= 15 is 0 Å². The minimum atomic E-state index is -3.85. The Morgan fingerprint density at radius 2 is 1.82 bits per heavy atom. The number of ether oxygens (including phenoxy) is 3. The Labute approximate surface area is 224 Å². The fourth-order valence-electron chi connectivity index (χ4n) is 4.88. The van der Waals surface area contributed by atoms with Crippen molar-refractivity contribution in [3.05, 3.63) is 60.2 Å². The van der Waals surface area contributed by atoms with Crippen molar-refractivity contribution in [2.45, 2.75) is 56.1 Å². The van der Waals surface area contributed by atoms with Crippen LogP contribution in [-0.2, 0) is 30.7 Å². The lowest BCUT2D eigenvalue weighted by atomic mass is 9.99. The number of alkyl carbamates (subject to hydrolysis) is 1. The lowest BCUT2D eigenvalue weighted by Gasteiger charge is -2.31. The minimum absolute atomic E-state index is 0.00769. The SMILES string of the molecule is CC(C)CN(CC(N)C(Cc1ccccc1)NC(=O)OC1COC2OCCC12)S(=O)(=O)c1ccc(N)cc1. The third kappa shape index (κ3) is 7.03. The molecular formula is C27H38N4O6S. The topological polar surface area (TPSA) is 146 Å². The summed E-state index contributed by atoms with van der Waals surface area (Å²) in [4.78, 5) is 13.1. The summed E-state index contributed by atoms with van der Waals surface area (Å²) in [5, 5.41) is 2.91. The van der Waals surface area contributed by atoms with Crippen LogP contribution in [0.1, 0.15) is 25.8 Å². The third-order valence-corrected chi connectivity index (χ3v) is 8.71. The van der Waals surface area contributed by atoms with E-state index in [4.69, 9.17) is 25.7 Å². The predicted octanol–water partition coefficient (Wildman–Crippen LogP) is 2.34. The fourth-order valence-corrected chi connectivity index (χ4v) is 6.52. The number of hydrogen-bond acceptors (Lipinski definition) is 8. The van der Waals surface area contributed by atoms with Crippen molar-refractivity contribution in [1.82, 2.24) is 9.62 Å². The second kappa shape index (κ2) is 12.4. The maximum atomic E-state index is 13.5. The minimum Gasteiger partial charge on any atom is -0.443 e. The molecule has 5 unspecified atom stereocenters. The molecule has 0 radical (unpaired) electrons. The van der Waals surface area contributed by atoms with Crippen LogP contribution in [0.3, 0.4) is 0 Å². The molecule has 2 aromatic rings. The van der Waals surface area contributed by atoms with E-state index in [1.807, 2.05) is 44.2 Å². The molecule has 2 aliphatic heterocycles. The summed E-state index contributed by atoms with van der Waals surface area (Å²) in [5.74, 6) is 0.0637. The largest absolute Gasteiger partial charge is 0.443 e. The molecule has 208 valence electrons. The fraction of sp³-hybridized carbons (Fsp3) is 0.519. The number of benzene rings is 2. The first-order valence-electron chi connectivity index (χ1n) is 13.0. The molecule has 10 nitrogen and oxygen atoms in total.